The number of aromatic nitrogens is 1. The lowest BCUT2D eigenvalue weighted by atomic mass is 10.00. The third kappa shape index (κ3) is 5.61. The Morgan fingerprint density at radius 2 is 1.79 bits per heavy atom. The summed E-state index contributed by atoms with van der Waals surface area (Å²) in [6.45, 7) is 2.39. The van der Waals surface area contributed by atoms with Crippen LogP contribution in [0.2, 0.25) is 15.2 Å². The Kier molecular flexibility index (Phi) is 8.09. The molecule has 0 radical (unpaired) electrons. The summed E-state index contributed by atoms with van der Waals surface area (Å²) in [7, 11) is 1.79. The fourth-order valence-electron chi connectivity index (χ4n) is 4.94. The number of likely N-dealkylation sites (tertiary alicyclic amines) is 1. The zero-order chi connectivity index (χ0) is 26.8. The van der Waals surface area contributed by atoms with Gasteiger partial charge in [0.05, 0.1) is 21.8 Å². The van der Waals surface area contributed by atoms with Crippen LogP contribution >= 0.6 is 34.8 Å². The van der Waals surface area contributed by atoms with Gasteiger partial charge in [0.2, 0.25) is 5.91 Å². The Labute approximate surface area is 236 Å². The van der Waals surface area contributed by atoms with Crippen LogP contribution in [-0.2, 0) is 9.59 Å². The number of anilines is 1. The maximum atomic E-state index is 13.6. The van der Waals surface area contributed by atoms with Crippen LogP contribution in [0.15, 0.2) is 54.7 Å². The van der Waals surface area contributed by atoms with Crippen LogP contribution in [0.1, 0.15) is 24.4 Å². The molecule has 3 heterocycles. The van der Waals surface area contributed by atoms with Crippen LogP contribution in [-0.4, -0.2) is 66.4 Å². The highest BCUT2D eigenvalue weighted by Crippen LogP contribution is 2.39. The van der Waals surface area contributed by atoms with Gasteiger partial charge in [0, 0.05) is 31.4 Å². The van der Waals surface area contributed by atoms with E-state index < -0.39 is 0 Å². The normalized spacial score (nSPS) is 16.2. The molecular weight excluding hydrogens is 547 g/mol. The van der Waals surface area contributed by atoms with Gasteiger partial charge in [-0.25, -0.2) is 4.98 Å². The summed E-state index contributed by atoms with van der Waals surface area (Å²) in [6.07, 6.45) is 3.95. The van der Waals surface area contributed by atoms with E-state index in [1.54, 1.807) is 30.3 Å². The molecular formula is C28H27Cl3N4O3. The number of fused-ring (bicyclic) bond motifs is 1. The van der Waals surface area contributed by atoms with Crippen LogP contribution in [0.4, 0.5) is 5.69 Å². The van der Waals surface area contributed by atoms with Crippen LogP contribution in [0.25, 0.3) is 11.1 Å². The SMILES string of the molecule is CN(C(=O)CN1C(=O)COc2cc(Cl)c(Cl)cc21)C(CN1CCCC1)c1ccc(-c2cccnc2Cl)cc1. The van der Waals surface area contributed by atoms with Crippen molar-refractivity contribution in [3.8, 4) is 16.9 Å². The summed E-state index contributed by atoms with van der Waals surface area (Å²) in [5.41, 5.74) is 3.24. The molecule has 0 spiro atoms. The van der Waals surface area contributed by atoms with Crippen LogP contribution in [0.3, 0.4) is 0 Å². The average molecular weight is 574 g/mol. The summed E-state index contributed by atoms with van der Waals surface area (Å²) in [6, 6.07) is 14.8. The van der Waals surface area contributed by atoms with Gasteiger partial charge in [-0.05, 0) is 55.3 Å². The largest absolute Gasteiger partial charge is 0.482 e. The Morgan fingerprint density at radius 3 is 2.50 bits per heavy atom. The van der Waals surface area contributed by atoms with E-state index in [0.29, 0.717) is 28.2 Å². The number of hydrogen-bond acceptors (Lipinski definition) is 5. The van der Waals surface area contributed by atoms with E-state index in [-0.39, 0.29) is 36.0 Å². The second-order valence-corrected chi connectivity index (χ2v) is 10.7. The van der Waals surface area contributed by atoms with Gasteiger partial charge in [-0.15, -0.1) is 0 Å². The molecule has 3 aromatic rings. The Bertz CT molecular complexity index is 1350. The number of likely N-dealkylation sites (N-methyl/N-ethyl adjacent to an activating group) is 1. The van der Waals surface area contributed by atoms with Gasteiger partial charge < -0.3 is 14.5 Å². The predicted molar refractivity (Wildman–Crippen MR) is 150 cm³/mol. The van der Waals surface area contributed by atoms with Crippen molar-refractivity contribution in [1.82, 2.24) is 14.8 Å². The summed E-state index contributed by atoms with van der Waals surface area (Å²) in [4.78, 5) is 36.1. The Hall–Kier alpha value is -2.84. The maximum Gasteiger partial charge on any atom is 0.265 e. The molecule has 1 atom stereocenters. The standard InChI is InChI=1S/C28H27Cl3N4O3/c1-33(26(36)16-35-23-13-21(29)22(30)14-25(23)38-17-27(35)37)24(15-34-11-2-3-12-34)19-8-6-18(7-9-19)20-5-4-10-32-28(20)31/h4-10,13-14,24H,2-3,11-12,15-17H2,1H3. The van der Waals surface area contributed by atoms with E-state index in [9.17, 15) is 9.59 Å². The predicted octanol–water partition coefficient (Wildman–Crippen LogP) is 5.73. The number of carbonyl (C=O) groups is 2. The number of hydrogen-bond donors (Lipinski definition) is 0. The first-order valence-corrected chi connectivity index (χ1v) is 13.6. The van der Waals surface area contributed by atoms with Crippen molar-refractivity contribution < 1.29 is 14.3 Å². The van der Waals surface area contributed by atoms with E-state index in [0.717, 1.165) is 42.6 Å². The van der Waals surface area contributed by atoms with Crippen molar-refractivity contribution >= 4 is 52.3 Å². The second-order valence-electron chi connectivity index (χ2n) is 9.49. The van der Waals surface area contributed by atoms with Crippen LogP contribution < -0.4 is 9.64 Å². The highest BCUT2D eigenvalue weighted by Gasteiger charge is 2.32. The van der Waals surface area contributed by atoms with Gasteiger partial charge in [-0.1, -0.05) is 59.1 Å². The van der Waals surface area contributed by atoms with Crippen molar-refractivity contribution in [2.24, 2.45) is 0 Å². The first-order valence-electron chi connectivity index (χ1n) is 12.4. The van der Waals surface area contributed by atoms with Crippen LogP contribution in [0.5, 0.6) is 5.75 Å². The summed E-state index contributed by atoms with van der Waals surface area (Å²) < 4.78 is 5.53. The molecule has 2 aliphatic heterocycles. The molecule has 0 bridgehead atoms. The molecule has 2 aliphatic rings. The minimum atomic E-state index is -0.313. The molecule has 5 rings (SSSR count). The van der Waals surface area contributed by atoms with Crippen molar-refractivity contribution in [3.05, 3.63) is 75.5 Å². The molecule has 198 valence electrons. The van der Waals surface area contributed by atoms with E-state index in [1.165, 1.54) is 4.90 Å². The van der Waals surface area contributed by atoms with Gasteiger partial charge in [-0.2, -0.15) is 0 Å². The maximum absolute atomic E-state index is 13.6. The minimum absolute atomic E-state index is 0.135. The molecule has 10 heteroatoms. The first kappa shape index (κ1) is 26.8. The van der Waals surface area contributed by atoms with Gasteiger partial charge in [-0.3, -0.25) is 14.5 Å². The Morgan fingerprint density at radius 1 is 1.08 bits per heavy atom. The lowest BCUT2D eigenvalue weighted by Gasteiger charge is -2.35. The third-order valence-corrected chi connectivity index (χ3v) is 8.12. The fourth-order valence-corrected chi connectivity index (χ4v) is 5.48. The molecule has 38 heavy (non-hydrogen) atoms. The summed E-state index contributed by atoms with van der Waals surface area (Å²) in [5.74, 6) is -0.0833. The smallest absolute Gasteiger partial charge is 0.265 e. The molecule has 1 unspecified atom stereocenters. The quantitative estimate of drug-likeness (QED) is 0.338. The van der Waals surface area contributed by atoms with Crippen molar-refractivity contribution in [2.75, 3.05) is 44.7 Å². The lowest BCUT2D eigenvalue weighted by molar-refractivity contribution is -0.133. The minimum Gasteiger partial charge on any atom is -0.482 e. The zero-order valence-electron chi connectivity index (χ0n) is 20.9. The number of pyridine rings is 1. The molecule has 1 aromatic heterocycles. The molecule has 1 fully saturated rings. The van der Waals surface area contributed by atoms with Gasteiger partial charge in [0.25, 0.3) is 5.91 Å². The number of ether oxygens (including phenoxy) is 1. The van der Waals surface area contributed by atoms with E-state index in [2.05, 4.69) is 9.88 Å². The number of rotatable bonds is 7. The molecule has 2 aromatic carbocycles. The summed E-state index contributed by atoms with van der Waals surface area (Å²) in [5, 5.41) is 1.05. The lowest BCUT2D eigenvalue weighted by Crippen LogP contribution is -2.47. The zero-order valence-corrected chi connectivity index (χ0v) is 23.1. The molecule has 0 N–H and O–H groups in total. The number of carbonyl (C=O) groups excluding carboxylic acids is 2. The van der Waals surface area contributed by atoms with E-state index >= 15 is 0 Å². The van der Waals surface area contributed by atoms with Crippen molar-refractivity contribution in [2.45, 2.75) is 18.9 Å². The van der Waals surface area contributed by atoms with E-state index in [1.807, 2.05) is 36.4 Å². The molecule has 1 saturated heterocycles. The first-order chi connectivity index (χ1) is 18.3. The van der Waals surface area contributed by atoms with Crippen LogP contribution in [0, 0.1) is 0 Å². The number of amides is 2. The highest BCUT2D eigenvalue weighted by atomic mass is 35.5. The Balaban J connectivity index is 1.40. The number of benzene rings is 2. The molecule has 2 amide bonds. The highest BCUT2D eigenvalue weighted by molar-refractivity contribution is 6.42. The third-order valence-electron chi connectivity index (χ3n) is 7.09. The van der Waals surface area contributed by atoms with Gasteiger partial charge >= 0.3 is 0 Å². The monoisotopic (exact) mass is 572 g/mol. The van der Waals surface area contributed by atoms with Crippen molar-refractivity contribution in [3.63, 3.8) is 0 Å². The fraction of sp³-hybridized carbons (Fsp3) is 0.321. The van der Waals surface area contributed by atoms with Gasteiger partial charge in [0.1, 0.15) is 17.4 Å². The average Bonchev–Trinajstić information content (AvgIpc) is 3.43. The molecule has 0 aliphatic carbocycles. The molecule has 7 nitrogen and oxygen atoms in total. The van der Waals surface area contributed by atoms with Gasteiger partial charge in [0.15, 0.2) is 6.61 Å². The second kappa shape index (κ2) is 11.5. The van der Waals surface area contributed by atoms with E-state index in [4.69, 9.17) is 39.5 Å². The molecule has 0 saturated carbocycles. The summed E-state index contributed by atoms with van der Waals surface area (Å²) >= 11 is 18.6. The number of halogens is 3. The van der Waals surface area contributed by atoms with Crippen molar-refractivity contribution in [1.29, 1.82) is 0 Å². The number of nitrogens with zero attached hydrogens (tertiary/aromatic N) is 4. The topological polar surface area (TPSA) is 66.0 Å².